The second-order valence-corrected chi connectivity index (χ2v) is 9.71. The van der Waals surface area contributed by atoms with Gasteiger partial charge in [-0.25, -0.2) is 12.8 Å². The molecule has 11 heteroatoms. The van der Waals surface area contributed by atoms with Gasteiger partial charge in [-0.05, 0) is 61.2 Å². The maximum atomic E-state index is 13.9. The summed E-state index contributed by atoms with van der Waals surface area (Å²) in [6.45, 7) is 0.978. The first kappa shape index (κ1) is 24.2. The average Bonchev–Trinajstić information content (AvgIpc) is 2.78. The lowest BCUT2D eigenvalue weighted by Crippen LogP contribution is -2.38. The van der Waals surface area contributed by atoms with Gasteiger partial charge in [0, 0.05) is 17.0 Å². The third-order valence-corrected chi connectivity index (χ3v) is 7.27. The van der Waals surface area contributed by atoms with E-state index in [-0.39, 0.29) is 22.0 Å². The van der Waals surface area contributed by atoms with Gasteiger partial charge in [0.2, 0.25) is 5.91 Å². The number of carbonyl (C=O) groups is 1. The Kier molecular flexibility index (Phi) is 7.34. The third-order valence-electron chi connectivity index (χ3n) is 4.74. The first-order valence-electron chi connectivity index (χ1n) is 9.59. The summed E-state index contributed by atoms with van der Waals surface area (Å²) in [5.41, 5.74) is 0.478. The minimum atomic E-state index is -4.23. The molecule has 1 N–H and O–H groups in total. The predicted octanol–water partition coefficient (Wildman–Crippen LogP) is 4.60. The number of halogens is 1. The van der Waals surface area contributed by atoms with Crippen molar-refractivity contribution >= 4 is 44.8 Å². The summed E-state index contributed by atoms with van der Waals surface area (Å²) in [4.78, 5) is 24.0. The van der Waals surface area contributed by atoms with Crippen LogP contribution in [-0.4, -0.2) is 32.0 Å². The first-order valence-corrected chi connectivity index (χ1v) is 12.3. The number of nitro benzene ring substituents is 1. The predicted molar refractivity (Wildman–Crippen MR) is 126 cm³/mol. The number of nitrogens with one attached hydrogen (secondary N) is 1. The first-order chi connectivity index (χ1) is 15.6. The van der Waals surface area contributed by atoms with Crippen LogP contribution in [0.15, 0.2) is 76.5 Å². The van der Waals surface area contributed by atoms with Crippen LogP contribution in [0.2, 0.25) is 0 Å². The van der Waals surface area contributed by atoms with E-state index in [1.807, 2.05) is 6.26 Å². The minimum absolute atomic E-state index is 0.0325. The molecule has 0 aliphatic rings. The number of amides is 1. The summed E-state index contributed by atoms with van der Waals surface area (Å²) in [6.07, 6.45) is 1.85. The normalized spacial score (nSPS) is 11.1. The number of hydrogen-bond acceptors (Lipinski definition) is 6. The Balaban J connectivity index is 1.96. The number of non-ortho nitro benzene ring substituents is 1. The van der Waals surface area contributed by atoms with Crippen molar-refractivity contribution in [3.63, 3.8) is 0 Å². The molecule has 1 amide bonds. The Morgan fingerprint density at radius 3 is 2.42 bits per heavy atom. The van der Waals surface area contributed by atoms with Crippen LogP contribution in [0, 0.1) is 22.9 Å². The van der Waals surface area contributed by atoms with Crippen molar-refractivity contribution in [2.75, 3.05) is 22.4 Å². The number of thioether (sulfide) groups is 1. The molecule has 0 unspecified atom stereocenters. The summed E-state index contributed by atoms with van der Waals surface area (Å²) in [6, 6.07) is 14.9. The topological polar surface area (TPSA) is 110 Å². The van der Waals surface area contributed by atoms with Crippen LogP contribution in [0.1, 0.15) is 5.56 Å². The van der Waals surface area contributed by atoms with Crippen LogP contribution in [-0.2, 0) is 14.8 Å². The molecule has 0 aliphatic heterocycles. The second-order valence-electron chi connectivity index (χ2n) is 6.97. The van der Waals surface area contributed by atoms with E-state index in [1.54, 1.807) is 19.1 Å². The van der Waals surface area contributed by atoms with Crippen molar-refractivity contribution < 1.29 is 22.5 Å². The quantitative estimate of drug-likeness (QED) is 0.281. The van der Waals surface area contributed by atoms with Crippen LogP contribution in [0.5, 0.6) is 0 Å². The highest BCUT2D eigenvalue weighted by molar-refractivity contribution is 7.98. The largest absolute Gasteiger partial charge is 0.324 e. The summed E-state index contributed by atoms with van der Waals surface area (Å²) < 4.78 is 41.4. The van der Waals surface area contributed by atoms with Gasteiger partial charge in [-0.3, -0.25) is 19.2 Å². The molecule has 0 radical (unpaired) electrons. The highest BCUT2D eigenvalue weighted by Crippen LogP contribution is 2.27. The fourth-order valence-corrected chi connectivity index (χ4v) is 4.82. The molecular formula is C22H20FN3O5S2. The number of nitro groups is 1. The van der Waals surface area contributed by atoms with Crippen LogP contribution in [0.25, 0.3) is 0 Å². The number of aryl methyl sites for hydroxylation is 1. The van der Waals surface area contributed by atoms with E-state index >= 15 is 0 Å². The Morgan fingerprint density at radius 2 is 1.82 bits per heavy atom. The van der Waals surface area contributed by atoms with E-state index in [0.29, 0.717) is 5.56 Å². The van der Waals surface area contributed by atoms with Crippen LogP contribution in [0.3, 0.4) is 0 Å². The van der Waals surface area contributed by atoms with Gasteiger partial charge >= 0.3 is 0 Å². The van der Waals surface area contributed by atoms with Gasteiger partial charge in [-0.15, -0.1) is 11.8 Å². The van der Waals surface area contributed by atoms with Crippen molar-refractivity contribution in [3.8, 4) is 0 Å². The number of hydrogen-bond donors (Lipinski definition) is 1. The molecule has 0 fully saturated rings. The Hall–Kier alpha value is -3.44. The third kappa shape index (κ3) is 5.68. The van der Waals surface area contributed by atoms with E-state index in [1.165, 1.54) is 54.2 Å². The number of anilines is 2. The fraction of sp³-hybridized carbons (Fsp3) is 0.136. The van der Waals surface area contributed by atoms with E-state index in [2.05, 4.69) is 5.32 Å². The van der Waals surface area contributed by atoms with E-state index in [0.717, 1.165) is 21.3 Å². The standard InChI is InChI=1S/C22H20FN3O5S2/c1-15-6-7-18(26(28)29)13-21(15)24-22(27)14-25(17-5-3-4-16(23)12-17)33(30,31)20-10-8-19(32-2)9-11-20/h3-13H,14H2,1-2H3,(H,24,27). The molecule has 0 heterocycles. The highest BCUT2D eigenvalue weighted by Gasteiger charge is 2.28. The van der Waals surface area contributed by atoms with Crippen LogP contribution < -0.4 is 9.62 Å². The second kappa shape index (κ2) is 10.0. The number of rotatable bonds is 8. The van der Waals surface area contributed by atoms with Gasteiger partial charge in [0.25, 0.3) is 15.7 Å². The number of nitrogens with zero attached hydrogens (tertiary/aromatic N) is 2. The SMILES string of the molecule is CSc1ccc(S(=O)(=O)N(CC(=O)Nc2cc([N+](=O)[O-])ccc2C)c2cccc(F)c2)cc1. The van der Waals surface area contributed by atoms with Gasteiger partial charge in [-0.2, -0.15) is 0 Å². The summed E-state index contributed by atoms with van der Waals surface area (Å²) >= 11 is 1.44. The molecule has 172 valence electrons. The highest BCUT2D eigenvalue weighted by atomic mass is 32.2. The van der Waals surface area contributed by atoms with Crippen LogP contribution in [0.4, 0.5) is 21.5 Å². The number of benzene rings is 3. The van der Waals surface area contributed by atoms with E-state index in [4.69, 9.17) is 0 Å². The van der Waals surface area contributed by atoms with Crippen molar-refractivity contribution in [2.24, 2.45) is 0 Å². The maximum Gasteiger partial charge on any atom is 0.271 e. The lowest BCUT2D eigenvalue weighted by molar-refractivity contribution is -0.384. The molecule has 8 nitrogen and oxygen atoms in total. The van der Waals surface area contributed by atoms with Gasteiger partial charge in [0.05, 0.1) is 21.2 Å². The fourth-order valence-electron chi connectivity index (χ4n) is 3.00. The average molecular weight is 490 g/mol. The molecule has 0 bridgehead atoms. The summed E-state index contributed by atoms with van der Waals surface area (Å²) in [5, 5.41) is 13.6. The Morgan fingerprint density at radius 1 is 1.12 bits per heavy atom. The molecule has 0 saturated carbocycles. The molecule has 33 heavy (non-hydrogen) atoms. The minimum Gasteiger partial charge on any atom is -0.324 e. The van der Waals surface area contributed by atoms with E-state index in [9.17, 15) is 27.7 Å². The molecular weight excluding hydrogens is 469 g/mol. The molecule has 3 aromatic carbocycles. The molecule has 3 aromatic rings. The van der Waals surface area contributed by atoms with Crippen molar-refractivity contribution in [3.05, 3.63) is 88.2 Å². The number of carbonyl (C=O) groups excluding carboxylic acids is 1. The van der Waals surface area contributed by atoms with Gasteiger partial charge in [0.1, 0.15) is 12.4 Å². The lowest BCUT2D eigenvalue weighted by Gasteiger charge is -2.24. The summed E-state index contributed by atoms with van der Waals surface area (Å²) in [7, 11) is -4.23. The Labute approximate surface area is 194 Å². The van der Waals surface area contributed by atoms with Crippen LogP contribution >= 0.6 is 11.8 Å². The zero-order chi connectivity index (χ0) is 24.2. The maximum absolute atomic E-state index is 13.9. The smallest absolute Gasteiger partial charge is 0.271 e. The van der Waals surface area contributed by atoms with Crippen molar-refractivity contribution in [1.82, 2.24) is 0 Å². The molecule has 3 rings (SSSR count). The monoisotopic (exact) mass is 489 g/mol. The van der Waals surface area contributed by atoms with E-state index < -0.39 is 33.2 Å². The lowest BCUT2D eigenvalue weighted by atomic mass is 10.2. The zero-order valence-electron chi connectivity index (χ0n) is 17.7. The Bertz CT molecular complexity index is 1300. The molecule has 0 aromatic heterocycles. The number of sulfonamides is 1. The molecule has 0 spiro atoms. The molecule has 0 atom stereocenters. The van der Waals surface area contributed by atoms with Gasteiger partial charge < -0.3 is 5.32 Å². The summed E-state index contributed by atoms with van der Waals surface area (Å²) in [5.74, 6) is -1.41. The molecule has 0 aliphatic carbocycles. The van der Waals surface area contributed by atoms with Gasteiger partial charge in [0.15, 0.2) is 0 Å². The molecule has 0 saturated heterocycles. The van der Waals surface area contributed by atoms with Gasteiger partial charge in [-0.1, -0.05) is 12.1 Å². The van der Waals surface area contributed by atoms with Crippen molar-refractivity contribution in [2.45, 2.75) is 16.7 Å². The van der Waals surface area contributed by atoms with Crippen molar-refractivity contribution in [1.29, 1.82) is 0 Å². The zero-order valence-corrected chi connectivity index (χ0v) is 19.3.